The number of aliphatic hydroxyl groups is 1. The van der Waals surface area contributed by atoms with E-state index in [0.29, 0.717) is 12.3 Å². The number of hydrogen-bond donors (Lipinski definition) is 1. The zero-order valence-electron chi connectivity index (χ0n) is 9.73. The van der Waals surface area contributed by atoms with E-state index < -0.39 is 0 Å². The zero-order chi connectivity index (χ0) is 11.3. The molecule has 0 aromatic heterocycles. The van der Waals surface area contributed by atoms with Gasteiger partial charge in [0.25, 0.3) is 0 Å². The highest BCUT2D eigenvalue weighted by Crippen LogP contribution is 2.20. The number of rotatable bonds is 5. The van der Waals surface area contributed by atoms with Crippen LogP contribution in [0.3, 0.4) is 0 Å². The molecule has 0 aliphatic rings. The van der Waals surface area contributed by atoms with Crippen LogP contribution in [0.25, 0.3) is 0 Å². The molecule has 0 saturated carbocycles. The molecule has 1 aromatic carbocycles. The van der Waals surface area contributed by atoms with E-state index in [2.05, 4.69) is 13.8 Å². The lowest BCUT2D eigenvalue weighted by atomic mass is 9.99. The number of methoxy groups -OCH3 is 1. The Morgan fingerprint density at radius 1 is 1.27 bits per heavy atom. The summed E-state index contributed by atoms with van der Waals surface area (Å²) in [5, 5.41) is 9.84. The number of hydrogen-bond acceptors (Lipinski definition) is 2. The fourth-order valence-electron chi connectivity index (χ4n) is 1.75. The van der Waals surface area contributed by atoms with Gasteiger partial charge in [0.1, 0.15) is 5.75 Å². The van der Waals surface area contributed by atoms with E-state index >= 15 is 0 Å². The summed E-state index contributed by atoms with van der Waals surface area (Å²) >= 11 is 0. The Kier molecular flexibility index (Phi) is 4.63. The summed E-state index contributed by atoms with van der Waals surface area (Å²) in [6.07, 6.45) is 1.22. The molecule has 1 rings (SSSR count). The van der Waals surface area contributed by atoms with Gasteiger partial charge in [0.2, 0.25) is 0 Å². The van der Waals surface area contributed by atoms with Crippen LogP contribution < -0.4 is 4.74 Å². The fourth-order valence-corrected chi connectivity index (χ4v) is 1.75. The molecule has 0 amide bonds. The highest BCUT2D eigenvalue weighted by Gasteiger charge is 2.10. The normalized spacial score (nSPS) is 12.9. The first-order valence-corrected chi connectivity index (χ1v) is 5.43. The molecule has 2 heteroatoms. The highest BCUT2D eigenvalue weighted by atomic mass is 16.5. The molecule has 0 heterocycles. The van der Waals surface area contributed by atoms with Crippen LogP contribution in [-0.2, 0) is 6.42 Å². The number of aliphatic hydroxyl groups excluding tert-OH is 1. The smallest absolute Gasteiger partial charge is 0.122 e. The first kappa shape index (κ1) is 12.1. The Morgan fingerprint density at radius 2 is 1.93 bits per heavy atom. The van der Waals surface area contributed by atoms with Gasteiger partial charge >= 0.3 is 0 Å². The van der Waals surface area contributed by atoms with Crippen LogP contribution in [0.5, 0.6) is 5.75 Å². The van der Waals surface area contributed by atoms with E-state index in [1.165, 1.54) is 0 Å². The van der Waals surface area contributed by atoms with Gasteiger partial charge in [-0.25, -0.2) is 0 Å². The molecule has 84 valence electrons. The molecule has 0 aliphatic carbocycles. The summed E-state index contributed by atoms with van der Waals surface area (Å²) in [4.78, 5) is 0. The van der Waals surface area contributed by atoms with Crippen molar-refractivity contribution in [1.29, 1.82) is 0 Å². The van der Waals surface area contributed by atoms with Gasteiger partial charge in [-0.15, -0.1) is 0 Å². The van der Waals surface area contributed by atoms with E-state index in [0.717, 1.165) is 17.7 Å². The van der Waals surface area contributed by atoms with E-state index in [9.17, 15) is 5.11 Å². The minimum atomic E-state index is -0.277. The topological polar surface area (TPSA) is 29.5 Å². The molecule has 1 atom stereocenters. The van der Waals surface area contributed by atoms with E-state index in [4.69, 9.17) is 4.74 Å². The van der Waals surface area contributed by atoms with Crippen molar-refractivity contribution in [3.8, 4) is 5.75 Å². The molecule has 0 spiro atoms. The quantitative estimate of drug-likeness (QED) is 0.806. The third-order valence-corrected chi connectivity index (χ3v) is 2.39. The second-order valence-corrected chi connectivity index (χ2v) is 4.30. The SMILES string of the molecule is COc1ccccc1CC(O)CC(C)C. The average Bonchev–Trinajstić information content (AvgIpc) is 2.17. The van der Waals surface area contributed by atoms with Crippen molar-refractivity contribution in [2.24, 2.45) is 5.92 Å². The maximum absolute atomic E-state index is 9.84. The molecule has 1 unspecified atom stereocenters. The maximum atomic E-state index is 9.84. The summed E-state index contributed by atoms with van der Waals surface area (Å²) < 4.78 is 5.24. The molecular weight excluding hydrogens is 188 g/mol. The first-order chi connectivity index (χ1) is 7.13. The molecule has 0 saturated heterocycles. The number of benzene rings is 1. The Morgan fingerprint density at radius 3 is 2.53 bits per heavy atom. The summed E-state index contributed by atoms with van der Waals surface area (Å²) in [5.74, 6) is 1.38. The van der Waals surface area contributed by atoms with Crippen molar-refractivity contribution in [3.05, 3.63) is 29.8 Å². The average molecular weight is 208 g/mol. The predicted molar refractivity (Wildman–Crippen MR) is 62.2 cm³/mol. The van der Waals surface area contributed by atoms with Crippen LogP contribution in [0.4, 0.5) is 0 Å². The Balaban J connectivity index is 2.63. The minimum Gasteiger partial charge on any atom is -0.496 e. The Bertz CT molecular complexity index is 294. The van der Waals surface area contributed by atoms with Crippen molar-refractivity contribution < 1.29 is 9.84 Å². The standard InChI is InChI=1S/C13H20O2/c1-10(2)8-12(14)9-11-6-4-5-7-13(11)15-3/h4-7,10,12,14H,8-9H2,1-3H3. The highest BCUT2D eigenvalue weighted by molar-refractivity contribution is 5.33. The predicted octanol–water partition coefficient (Wildman–Crippen LogP) is 2.64. The van der Waals surface area contributed by atoms with Gasteiger partial charge in [-0.05, 0) is 24.0 Å². The summed E-state index contributed by atoms with van der Waals surface area (Å²) in [6.45, 7) is 4.23. The van der Waals surface area contributed by atoms with Crippen LogP contribution in [0.1, 0.15) is 25.8 Å². The van der Waals surface area contributed by atoms with Gasteiger partial charge in [-0.1, -0.05) is 32.0 Å². The lowest BCUT2D eigenvalue weighted by Gasteiger charge is -2.14. The van der Waals surface area contributed by atoms with Crippen LogP contribution in [0, 0.1) is 5.92 Å². The van der Waals surface area contributed by atoms with Crippen molar-refractivity contribution in [1.82, 2.24) is 0 Å². The molecule has 1 N–H and O–H groups in total. The van der Waals surface area contributed by atoms with E-state index in [1.807, 2.05) is 24.3 Å². The van der Waals surface area contributed by atoms with Crippen LogP contribution in [0.2, 0.25) is 0 Å². The van der Waals surface area contributed by atoms with Crippen molar-refractivity contribution in [2.45, 2.75) is 32.8 Å². The second kappa shape index (κ2) is 5.76. The zero-order valence-corrected chi connectivity index (χ0v) is 9.73. The molecule has 0 fully saturated rings. The van der Waals surface area contributed by atoms with Crippen molar-refractivity contribution in [3.63, 3.8) is 0 Å². The van der Waals surface area contributed by atoms with Gasteiger partial charge in [0.05, 0.1) is 13.2 Å². The fraction of sp³-hybridized carbons (Fsp3) is 0.538. The van der Waals surface area contributed by atoms with Crippen molar-refractivity contribution in [2.75, 3.05) is 7.11 Å². The molecular formula is C13H20O2. The number of para-hydroxylation sites is 1. The molecule has 0 bridgehead atoms. The summed E-state index contributed by atoms with van der Waals surface area (Å²) in [7, 11) is 1.66. The van der Waals surface area contributed by atoms with Gasteiger partial charge < -0.3 is 9.84 Å². The number of ether oxygens (including phenoxy) is 1. The van der Waals surface area contributed by atoms with Crippen LogP contribution in [0.15, 0.2) is 24.3 Å². The molecule has 0 radical (unpaired) electrons. The largest absolute Gasteiger partial charge is 0.496 e. The third kappa shape index (κ3) is 3.92. The summed E-state index contributed by atoms with van der Waals surface area (Å²) in [5.41, 5.74) is 1.08. The minimum absolute atomic E-state index is 0.277. The van der Waals surface area contributed by atoms with Gasteiger partial charge in [0, 0.05) is 6.42 Å². The molecule has 1 aromatic rings. The van der Waals surface area contributed by atoms with E-state index in [1.54, 1.807) is 7.11 Å². The molecule has 2 nitrogen and oxygen atoms in total. The van der Waals surface area contributed by atoms with Crippen molar-refractivity contribution >= 4 is 0 Å². The lowest BCUT2D eigenvalue weighted by Crippen LogP contribution is -2.13. The first-order valence-electron chi connectivity index (χ1n) is 5.43. The Labute approximate surface area is 91.9 Å². The molecule has 0 aliphatic heterocycles. The van der Waals surface area contributed by atoms with Crippen LogP contribution >= 0.6 is 0 Å². The van der Waals surface area contributed by atoms with Gasteiger partial charge in [-0.3, -0.25) is 0 Å². The summed E-state index contributed by atoms with van der Waals surface area (Å²) in [6, 6.07) is 7.84. The Hall–Kier alpha value is -1.02. The molecule has 15 heavy (non-hydrogen) atoms. The monoisotopic (exact) mass is 208 g/mol. The maximum Gasteiger partial charge on any atom is 0.122 e. The van der Waals surface area contributed by atoms with Gasteiger partial charge in [0.15, 0.2) is 0 Å². The second-order valence-electron chi connectivity index (χ2n) is 4.30. The van der Waals surface area contributed by atoms with E-state index in [-0.39, 0.29) is 6.10 Å². The van der Waals surface area contributed by atoms with Gasteiger partial charge in [-0.2, -0.15) is 0 Å². The lowest BCUT2D eigenvalue weighted by molar-refractivity contribution is 0.148. The van der Waals surface area contributed by atoms with Crippen LogP contribution in [-0.4, -0.2) is 18.3 Å². The third-order valence-electron chi connectivity index (χ3n) is 2.39.